The summed E-state index contributed by atoms with van der Waals surface area (Å²) >= 11 is 0. The van der Waals surface area contributed by atoms with Gasteiger partial charge in [-0.15, -0.1) is 0 Å². The van der Waals surface area contributed by atoms with Crippen molar-refractivity contribution in [2.24, 2.45) is 5.92 Å². The van der Waals surface area contributed by atoms with E-state index in [2.05, 4.69) is 25.8 Å². The van der Waals surface area contributed by atoms with Crippen LogP contribution in [0.15, 0.2) is 0 Å². The van der Waals surface area contributed by atoms with Gasteiger partial charge in [0.05, 0.1) is 0 Å². The van der Waals surface area contributed by atoms with Crippen LogP contribution in [0.3, 0.4) is 0 Å². The van der Waals surface area contributed by atoms with Gasteiger partial charge in [0.2, 0.25) is 0 Å². The van der Waals surface area contributed by atoms with Gasteiger partial charge in [0.25, 0.3) is 0 Å². The Hall–Kier alpha value is -0.0800. The van der Waals surface area contributed by atoms with Crippen molar-refractivity contribution in [3.8, 4) is 0 Å². The van der Waals surface area contributed by atoms with Gasteiger partial charge >= 0.3 is 0 Å². The Morgan fingerprint density at radius 3 is 2.46 bits per heavy atom. The van der Waals surface area contributed by atoms with E-state index in [0.29, 0.717) is 0 Å². The summed E-state index contributed by atoms with van der Waals surface area (Å²) in [5.74, 6) is 0.822. The van der Waals surface area contributed by atoms with Crippen molar-refractivity contribution >= 4 is 0 Å². The zero-order valence-corrected chi connectivity index (χ0v) is 9.25. The molecule has 78 valence electrons. The van der Waals surface area contributed by atoms with Crippen molar-refractivity contribution in [2.75, 3.05) is 26.8 Å². The van der Waals surface area contributed by atoms with Gasteiger partial charge in [-0.25, -0.2) is 0 Å². The molecule has 2 nitrogen and oxygen atoms in total. The monoisotopic (exact) mass is 185 g/mol. The predicted octanol–water partition coefficient (Wildman–Crippen LogP) is 2.14. The average Bonchev–Trinajstić information content (AvgIpc) is 2.15. The Labute approximate surface area is 82.3 Å². The van der Waals surface area contributed by atoms with E-state index >= 15 is 0 Å². The van der Waals surface area contributed by atoms with Gasteiger partial charge in [-0.05, 0) is 38.8 Å². The molecule has 1 rings (SSSR count). The highest BCUT2D eigenvalue weighted by Gasteiger charge is 2.17. The lowest BCUT2D eigenvalue weighted by atomic mass is 10.1. The fourth-order valence-electron chi connectivity index (χ4n) is 1.77. The molecule has 1 fully saturated rings. The molecule has 0 atom stereocenters. The summed E-state index contributed by atoms with van der Waals surface area (Å²) in [7, 11) is 2.25. The highest BCUT2D eigenvalue weighted by molar-refractivity contribution is 4.71. The maximum Gasteiger partial charge on any atom is 0.0480 e. The molecule has 0 N–H and O–H groups in total. The van der Waals surface area contributed by atoms with E-state index in [0.717, 1.165) is 25.2 Å². The molecule has 0 unspecified atom stereocenters. The van der Waals surface area contributed by atoms with E-state index in [1.807, 2.05) is 0 Å². The van der Waals surface area contributed by atoms with Gasteiger partial charge in [0, 0.05) is 19.3 Å². The average molecular weight is 185 g/mol. The molecule has 0 aromatic heterocycles. The van der Waals surface area contributed by atoms with Crippen molar-refractivity contribution in [3.63, 3.8) is 0 Å². The molecule has 1 aliphatic rings. The summed E-state index contributed by atoms with van der Waals surface area (Å²) in [5, 5.41) is 0. The van der Waals surface area contributed by atoms with Crippen molar-refractivity contribution in [3.05, 3.63) is 0 Å². The van der Waals surface area contributed by atoms with E-state index in [4.69, 9.17) is 4.74 Å². The second kappa shape index (κ2) is 5.61. The van der Waals surface area contributed by atoms with Gasteiger partial charge in [0.1, 0.15) is 0 Å². The molecule has 0 aliphatic carbocycles. The molecular formula is C11H23NO. The van der Waals surface area contributed by atoms with E-state index in [-0.39, 0.29) is 0 Å². The van der Waals surface area contributed by atoms with Gasteiger partial charge in [0.15, 0.2) is 0 Å². The molecule has 1 heterocycles. The maximum absolute atomic E-state index is 5.35. The predicted molar refractivity (Wildman–Crippen MR) is 55.9 cm³/mol. The minimum absolute atomic E-state index is 0.771. The molecule has 0 bridgehead atoms. The third-order valence-electron chi connectivity index (χ3n) is 2.87. The molecular weight excluding hydrogens is 162 g/mol. The van der Waals surface area contributed by atoms with E-state index < -0.39 is 0 Å². The van der Waals surface area contributed by atoms with E-state index in [1.54, 1.807) is 0 Å². The van der Waals surface area contributed by atoms with Gasteiger partial charge < -0.3 is 9.64 Å². The summed E-state index contributed by atoms with van der Waals surface area (Å²) in [5.41, 5.74) is 0. The smallest absolute Gasteiger partial charge is 0.0480 e. The Balaban J connectivity index is 2.17. The fourth-order valence-corrected chi connectivity index (χ4v) is 1.77. The van der Waals surface area contributed by atoms with Crippen LogP contribution in [0, 0.1) is 5.92 Å². The Morgan fingerprint density at radius 2 is 1.92 bits per heavy atom. The molecule has 13 heavy (non-hydrogen) atoms. The molecule has 1 saturated heterocycles. The molecule has 0 saturated carbocycles. The first kappa shape index (κ1) is 11.0. The fraction of sp³-hybridized carbons (Fsp3) is 1.00. The van der Waals surface area contributed by atoms with Gasteiger partial charge in [-0.2, -0.15) is 0 Å². The van der Waals surface area contributed by atoms with E-state index in [1.165, 1.54) is 25.8 Å². The zero-order valence-electron chi connectivity index (χ0n) is 9.25. The molecule has 0 spiro atoms. The van der Waals surface area contributed by atoms with Crippen molar-refractivity contribution in [2.45, 2.75) is 39.2 Å². The van der Waals surface area contributed by atoms with Crippen LogP contribution in [0.2, 0.25) is 0 Å². The third-order valence-corrected chi connectivity index (χ3v) is 2.87. The quantitative estimate of drug-likeness (QED) is 0.665. The third kappa shape index (κ3) is 4.10. The van der Waals surface area contributed by atoms with Crippen LogP contribution in [-0.2, 0) is 4.74 Å². The minimum atomic E-state index is 0.771. The number of hydrogen-bond donors (Lipinski definition) is 0. The molecule has 0 aromatic rings. The number of hydrogen-bond acceptors (Lipinski definition) is 2. The SMILES string of the molecule is CC(C)CCN(C)C1CCOCC1. The number of ether oxygens (including phenoxy) is 1. The first-order valence-electron chi connectivity index (χ1n) is 5.48. The molecule has 1 aliphatic heterocycles. The summed E-state index contributed by atoms with van der Waals surface area (Å²) < 4.78 is 5.35. The van der Waals surface area contributed by atoms with Crippen molar-refractivity contribution < 1.29 is 4.74 Å². The minimum Gasteiger partial charge on any atom is -0.381 e. The standard InChI is InChI=1S/C11H23NO/c1-10(2)4-7-12(3)11-5-8-13-9-6-11/h10-11H,4-9H2,1-3H3. The van der Waals surface area contributed by atoms with Crippen LogP contribution in [-0.4, -0.2) is 37.7 Å². The van der Waals surface area contributed by atoms with Crippen LogP contribution in [0.25, 0.3) is 0 Å². The van der Waals surface area contributed by atoms with E-state index in [9.17, 15) is 0 Å². The Bertz CT molecular complexity index is 130. The lowest BCUT2D eigenvalue weighted by Gasteiger charge is -2.31. The van der Waals surface area contributed by atoms with Crippen LogP contribution >= 0.6 is 0 Å². The number of nitrogens with zero attached hydrogens (tertiary/aromatic N) is 1. The normalized spacial score (nSPS) is 20.1. The molecule has 0 amide bonds. The largest absolute Gasteiger partial charge is 0.381 e. The second-order valence-electron chi connectivity index (χ2n) is 4.51. The first-order valence-corrected chi connectivity index (χ1v) is 5.48. The van der Waals surface area contributed by atoms with Gasteiger partial charge in [-0.1, -0.05) is 13.8 Å². The lowest BCUT2D eigenvalue weighted by Crippen LogP contribution is -2.37. The van der Waals surface area contributed by atoms with Crippen LogP contribution < -0.4 is 0 Å². The van der Waals surface area contributed by atoms with Gasteiger partial charge in [-0.3, -0.25) is 0 Å². The zero-order chi connectivity index (χ0) is 9.68. The highest BCUT2D eigenvalue weighted by atomic mass is 16.5. The highest BCUT2D eigenvalue weighted by Crippen LogP contribution is 2.13. The Morgan fingerprint density at radius 1 is 1.31 bits per heavy atom. The topological polar surface area (TPSA) is 12.5 Å². The Kier molecular flexibility index (Phi) is 4.74. The second-order valence-corrected chi connectivity index (χ2v) is 4.51. The number of rotatable bonds is 4. The summed E-state index contributed by atoms with van der Waals surface area (Å²) in [4.78, 5) is 2.50. The molecule has 0 aromatic carbocycles. The first-order chi connectivity index (χ1) is 6.20. The molecule has 0 radical (unpaired) electrons. The molecule has 2 heteroatoms. The van der Waals surface area contributed by atoms with Crippen LogP contribution in [0.1, 0.15) is 33.1 Å². The van der Waals surface area contributed by atoms with Crippen molar-refractivity contribution in [1.29, 1.82) is 0 Å². The van der Waals surface area contributed by atoms with Crippen LogP contribution in [0.5, 0.6) is 0 Å². The summed E-state index contributed by atoms with van der Waals surface area (Å²) in [6.07, 6.45) is 3.75. The summed E-state index contributed by atoms with van der Waals surface area (Å²) in [6.45, 7) is 7.73. The lowest BCUT2D eigenvalue weighted by molar-refractivity contribution is 0.0418. The maximum atomic E-state index is 5.35. The van der Waals surface area contributed by atoms with Crippen molar-refractivity contribution in [1.82, 2.24) is 4.90 Å². The summed E-state index contributed by atoms with van der Waals surface area (Å²) in [6, 6.07) is 0.771. The van der Waals surface area contributed by atoms with Crippen LogP contribution in [0.4, 0.5) is 0 Å².